The number of oxime groups is 1. The Morgan fingerprint density at radius 3 is 2.21 bits per heavy atom. The molecule has 7 heteroatoms. The molecule has 0 radical (unpaired) electrons. The molecule has 1 aromatic rings. The van der Waals surface area contributed by atoms with Crippen molar-refractivity contribution in [3.05, 3.63) is 33.8 Å². The molecule has 5 nitrogen and oxygen atoms in total. The molecule has 0 spiro atoms. The average molecular weight is 446 g/mol. The minimum Gasteiger partial charge on any atom is -0.493 e. The predicted molar refractivity (Wildman–Crippen MR) is 121 cm³/mol. The predicted octanol–water partition coefficient (Wildman–Crippen LogP) is 6.10. The summed E-state index contributed by atoms with van der Waals surface area (Å²) in [5, 5.41) is 3.88. The van der Waals surface area contributed by atoms with Gasteiger partial charge in [-0.3, -0.25) is 0 Å². The van der Waals surface area contributed by atoms with Crippen molar-refractivity contribution in [3.63, 3.8) is 0 Å². The summed E-state index contributed by atoms with van der Waals surface area (Å²) in [4.78, 5) is 5.25. The molecule has 164 valence electrons. The summed E-state index contributed by atoms with van der Waals surface area (Å²) in [6.45, 7) is 12.0. The highest BCUT2D eigenvalue weighted by atomic mass is 35.5. The molecule has 0 unspecified atom stereocenters. The minimum absolute atomic E-state index is 0.201. The molecule has 0 N–H and O–H groups in total. The molecule has 0 bridgehead atoms. The van der Waals surface area contributed by atoms with E-state index in [9.17, 15) is 0 Å². The number of ether oxygens (including phenoxy) is 3. The maximum Gasteiger partial charge on any atom is 0.129 e. The number of benzene rings is 1. The Balaban J connectivity index is 2.49. The van der Waals surface area contributed by atoms with Crippen molar-refractivity contribution in [1.82, 2.24) is 0 Å². The lowest BCUT2D eigenvalue weighted by Crippen LogP contribution is -2.15. The number of nitrogens with zero attached hydrogens (tertiary/aromatic N) is 1. The van der Waals surface area contributed by atoms with E-state index in [1.807, 2.05) is 32.9 Å². The molecular weight excluding hydrogens is 413 g/mol. The van der Waals surface area contributed by atoms with Crippen LogP contribution in [0.15, 0.2) is 27.9 Å². The van der Waals surface area contributed by atoms with Crippen LogP contribution in [0.4, 0.5) is 0 Å². The first-order valence-electron chi connectivity index (χ1n) is 9.97. The topological polar surface area (TPSA) is 49.3 Å². The molecule has 0 amide bonds. The molecule has 0 heterocycles. The van der Waals surface area contributed by atoms with Crippen LogP contribution in [0.2, 0.25) is 0 Å². The van der Waals surface area contributed by atoms with Crippen LogP contribution in [-0.4, -0.2) is 38.2 Å². The third-order valence-corrected chi connectivity index (χ3v) is 4.05. The van der Waals surface area contributed by atoms with E-state index in [0.29, 0.717) is 26.4 Å². The highest BCUT2D eigenvalue weighted by Gasteiger charge is 2.11. The summed E-state index contributed by atoms with van der Waals surface area (Å²) in [5.74, 6) is 1.73. The summed E-state index contributed by atoms with van der Waals surface area (Å²) >= 11 is 11.3. The third-order valence-electron chi connectivity index (χ3n) is 3.74. The number of hydrogen-bond donors (Lipinski definition) is 0. The van der Waals surface area contributed by atoms with Gasteiger partial charge in [-0.1, -0.05) is 42.2 Å². The number of hydrogen-bond acceptors (Lipinski definition) is 5. The van der Waals surface area contributed by atoms with Gasteiger partial charge >= 0.3 is 0 Å². The van der Waals surface area contributed by atoms with Gasteiger partial charge in [0.15, 0.2) is 0 Å². The lowest BCUT2D eigenvalue weighted by Gasteiger charge is -2.17. The van der Waals surface area contributed by atoms with Gasteiger partial charge in [-0.25, -0.2) is 0 Å². The number of aryl methyl sites for hydroxylation is 2. The molecule has 0 fully saturated rings. The van der Waals surface area contributed by atoms with Crippen LogP contribution in [0.25, 0.3) is 0 Å². The van der Waals surface area contributed by atoms with E-state index in [4.69, 9.17) is 42.3 Å². The van der Waals surface area contributed by atoms with Crippen molar-refractivity contribution in [2.75, 3.05) is 26.4 Å². The van der Waals surface area contributed by atoms with Crippen LogP contribution < -0.4 is 9.47 Å². The van der Waals surface area contributed by atoms with Gasteiger partial charge in [0.05, 0.1) is 26.0 Å². The van der Waals surface area contributed by atoms with Crippen LogP contribution in [-0.2, 0) is 22.4 Å². The second kappa shape index (κ2) is 13.7. The minimum atomic E-state index is -0.285. The molecule has 0 atom stereocenters. The van der Waals surface area contributed by atoms with Gasteiger partial charge < -0.3 is 19.0 Å². The van der Waals surface area contributed by atoms with E-state index in [0.717, 1.165) is 41.9 Å². The van der Waals surface area contributed by atoms with Crippen molar-refractivity contribution in [1.29, 1.82) is 0 Å². The van der Waals surface area contributed by atoms with Gasteiger partial charge in [0.1, 0.15) is 28.2 Å². The zero-order valence-corrected chi connectivity index (χ0v) is 19.6. The third kappa shape index (κ3) is 11.4. The highest BCUT2D eigenvalue weighted by Crippen LogP contribution is 2.31. The molecule has 0 aliphatic carbocycles. The van der Waals surface area contributed by atoms with E-state index in [-0.39, 0.29) is 10.1 Å². The van der Waals surface area contributed by atoms with E-state index in [1.54, 1.807) is 12.3 Å². The van der Waals surface area contributed by atoms with Crippen molar-refractivity contribution < 1.29 is 19.0 Å². The van der Waals surface area contributed by atoms with Gasteiger partial charge in [0, 0.05) is 6.42 Å². The van der Waals surface area contributed by atoms with E-state index in [1.165, 1.54) is 0 Å². The fourth-order valence-electron chi connectivity index (χ4n) is 2.41. The van der Waals surface area contributed by atoms with Gasteiger partial charge in [-0.2, -0.15) is 0 Å². The standard InChI is InChI=1S/C22H33Cl2NO4/c1-6-17-15-19(27-13-9-20(23)24)16-18(7-2)21(17)28-12-8-11-26-14-10-25-29-22(3,4)5/h9-10,15-16H,6-8,11-14H2,1-5H3. The Morgan fingerprint density at radius 1 is 1.00 bits per heavy atom. The molecule has 1 rings (SSSR count). The maximum atomic E-state index is 6.07. The molecule has 0 aliphatic heterocycles. The monoisotopic (exact) mass is 445 g/mol. The Bertz CT molecular complexity index is 640. The zero-order chi connectivity index (χ0) is 21.7. The average Bonchev–Trinajstić information content (AvgIpc) is 2.65. The van der Waals surface area contributed by atoms with Crippen molar-refractivity contribution in [3.8, 4) is 11.5 Å². The molecule has 0 saturated carbocycles. The summed E-state index contributed by atoms with van der Waals surface area (Å²) in [5.41, 5.74) is 1.95. The van der Waals surface area contributed by atoms with Gasteiger partial charge in [-0.15, -0.1) is 0 Å². The molecule has 29 heavy (non-hydrogen) atoms. The number of halogens is 2. The Kier molecular flexibility index (Phi) is 12.1. The summed E-state index contributed by atoms with van der Waals surface area (Å²) < 4.78 is 17.5. The Labute approximate surface area is 184 Å². The van der Waals surface area contributed by atoms with Crippen LogP contribution >= 0.6 is 23.2 Å². The van der Waals surface area contributed by atoms with Gasteiger partial charge in [0.2, 0.25) is 0 Å². The first-order chi connectivity index (χ1) is 13.8. The van der Waals surface area contributed by atoms with Gasteiger partial charge in [0.25, 0.3) is 0 Å². The van der Waals surface area contributed by atoms with E-state index >= 15 is 0 Å². The maximum absolute atomic E-state index is 6.07. The van der Waals surface area contributed by atoms with Crippen LogP contribution in [0.3, 0.4) is 0 Å². The van der Waals surface area contributed by atoms with Crippen LogP contribution in [0.5, 0.6) is 11.5 Å². The smallest absolute Gasteiger partial charge is 0.129 e. The fraction of sp³-hybridized carbons (Fsp3) is 0.591. The normalized spacial score (nSPS) is 11.6. The zero-order valence-electron chi connectivity index (χ0n) is 18.1. The molecule has 1 aromatic carbocycles. The van der Waals surface area contributed by atoms with Crippen LogP contribution in [0, 0.1) is 0 Å². The highest BCUT2D eigenvalue weighted by molar-refractivity contribution is 6.55. The first-order valence-corrected chi connectivity index (χ1v) is 10.7. The quantitative estimate of drug-likeness (QED) is 0.209. The van der Waals surface area contributed by atoms with Crippen molar-refractivity contribution in [2.45, 2.75) is 59.5 Å². The van der Waals surface area contributed by atoms with Crippen molar-refractivity contribution >= 4 is 29.4 Å². The summed E-state index contributed by atoms with van der Waals surface area (Å²) in [6, 6.07) is 4.01. The van der Waals surface area contributed by atoms with E-state index < -0.39 is 0 Å². The van der Waals surface area contributed by atoms with Crippen LogP contribution in [0.1, 0.15) is 52.2 Å². The summed E-state index contributed by atoms with van der Waals surface area (Å²) in [6.07, 6.45) is 5.74. The van der Waals surface area contributed by atoms with Crippen molar-refractivity contribution in [2.24, 2.45) is 5.16 Å². The second-order valence-electron chi connectivity index (χ2n) is 7.35. The Morgan fingerprint density at radius 2 is 1.66 bits per heavy atom. The molecule has 0 aromatic heterocycles. The fourth-order valence-corrected chi connectivity index (χ4v) is 2.54. The largest absolute Gasteiger partial charge is 0.493 e. The first kappa shape index (κ1) is 25.6. The molecular formula is C22H33Cl2NO4. The van der Waals surface area contributed by atoms with Gasteiger partial charge in [-0.05, 0) is 62.9 Å². The Hall–Kier alpha value is -1.43. The molecule has 0 saturated heterocycles. The van der Waals surface area contributed by atoms with E-state index in [2.05, 4.69) is 19.0 Å². The number of rotatable bonds is 13. The second-order valence-corrected chi connectivity index (χ2v) is 8.36. The lowest BCUT2D eigenvalue weighted by molar-refractivity contribution is 0.000643. The SMILES string of the molecule is CCc1cc(OCC=C(Cl)Cl)cc(CC)c1OCCCOCC=NOC(C)(C)C. The summed E-state index contributed by atoms with van der Waals surface area (Å²) in [7, 11) is 0. The molecule has 0 aliphatic rings. The lowest BCUT2D eigenvalue weighted by atomic mass is 10.0.